The van der Waals surface area contributed by atoms with Crippen molar-refractivity contribution in [3.8, 4) is 0 Å². The number of ether oxygens (including phenoxy) is 4. The number of quaternary nitrogens is 1. The zero-order valence-corrected chi connectivity index (χ0v) is 61.7. The number of rotatable bonds is 75. The first-order chi connectivity index (χ1) is 45.1. The van der Waals surface area contributed by atoms with Gasteiger partial charge < -0.3 is 33.3 Å². The van der Waals surface area contributed by atoms with Gasteiger partial charge in [0.15, 0.2) is 12.4 Å². The van der Waals surface area contributed by atoms with Crippen molar-refractivity contribution in [2.24, 2.45) is 0 Å². The van der Waals surface area contributed by atoms with Crippen molar-refractivity contribution in [3.05, 3.63) is 60.8 Å². The van der Waals surface area contributed by atoms with E-state index in [1.165, 1.54) is 283 Å². The molecule has 538 valence electrons. The van der Waals surface area contributed by atoms with Crippen molar-refractivity contribution in [2.45, 2.75) is 405 Å². The van der Waals surface area contributed by atoms with E-state index in [4.69, 9.17) is 18.9 Å². The number of carbonyl (C=O) groups is 3. The SMILES string of the molecule is CC/C=C\C/C=C\C/C=C\C/C=C\C/C=C\CCCCCCCCCCCCCC(=O)OC(COC(=O)CCCCCCCCCCCCCCCCCCCCCCCCCCCCCCCCCCCCCCCCCC)COC(OCC[N+](C)(C)C)C(=O)[O-]. The predicted molar refractivity (Wildman–Crippen MR) is 394 cm³/mol. The fourth-order valence-corrected chi connectivity index (χ4v) is 12.0. The monoisotopic (exact) mass is 1290 g/mol. The Bertz CT molecular complexity index is 1700. The molecule has 0 radical (unpaired) electrons. The first-order valence-corrected chi connectivity index (χ1v) is 39.9. The third-order valence-electron chi connectivity index (χ3n) is 18.0. The van der Waals surface area contributed by atoms with E-state index in [-0.39, 0.29) is 32.2 Å². The summed E-state index contributed by atoms with van der Waals surface area (Å²) < 4.78 is 22.9. The Balaban J connectivity index is 3.95. The maximum Gasteiger partial charge on any atom is 0.306 e. The average molecular weight is 1290 g/mol. The number of likely N-dealkylation sites (N-methyl/N-ethyl adjacent to an activating group) is 1. The molecule has 0 aromatic heterocycles. The Labute approximate surface area is 571 Å². The summed E-state index contributed by atoms with van der Waals surface area (Å²) in [5, 5.41) is 11.8. The summed E-state index contributed by atoms with van der Waals surface area (Å²) in [6.07, 6.45) is 95.0. The topological polar surface area (TPSA) is 111 Å². The molecule has 0 saturated heterocycles. The molecule has 0 aliphatic carbocycles. The molecule has 0 aromatic carbocycles. The highest BCUT2D eigenvalue weighted by molar-refractivity contribution is 5.70. The lowest BCUT2D eigenvalue weighted by Crippen LogP contribution is -2.44. The lowest BCUT2D eigenvalue weighted by Gasteiger charge is -2.26. The number of esters is 2. The number of carboxylic acids is 1. The highest BCUT2D eigenvalue weighted by Crippen LogP contribution is 2.20. The molecule has 0 saturated carbocycles. The minimum atomic E-state index is -1.62. The van der Waals surface area contributed by atoms with Gasteiger partial charge in [-0.05, 0) is 57.8 Å². The summed E-state index contributed by atoms with van der Waals surface area (Å²) >= 11 is 0. The molecular weight excluding hydrogens is 1140 g/mol. The Morgan fingerprint density at radius 2 is 0.620 bits per heavy atom. The van der Waals surface area contributed by atoms with E-state index in [1.807, 2.05) is 21.1 Å². The van der Waals surface area contributed by atoms with E-state index in [0.29, 0.717) is 23.9 Å². The van der Waals surface area contributed by atoms with Crippen LogP contribution in [0.15, 0.2) is 60.8 Å². The van der Waals surface area contributed by atoms with Crippen LogP contribution in [0, 0.1) is 0 Å². The minimum absolute atomic E-state index is 0.147. The summed E-state index contributed by atoms with van der Waals surface area (Å²) in [4.78, 5) is 37.6. The van der Waals surface area contributed by atoms with Gasteiger partial charge in [-0.1, -0.05) is 383 Å². The quantitative estimate of drug-likeness (QED) is 0.0195. The second-order valence-electron chi connectivity index (χ2n) is 28.3. The summed E-state index contributed by atoms with van der Waals surface area (Å²) in [5.74, 6) is -2.27. The van der Waals surface area contributed by atoms with E-state index in [1.54, 1.807) is 0 Å². The molecule has 0 aliphatic rings. The van der Waals surface area contributed by atoms with Gasteiger partial charge in [0.1, 0.15) is 13.2 Å². The third-order valence-corrected chi connectivity index (χ3v) is 18.0. The van der Waals surface area contributed by atoms with Crippen LogP contribution in [0.5, 0.6) is 0 Å². The molecule has 0 heterocycles. The number of allylic oxidation sites excluding steroid dienone is 10. The van der Waals surface area contributed by atoms with E-state index in [2.05, 4.69) is 74.6 Å². The number of carbonyl (C=O) groups excluding carboxylic acids is 3. The highest BCUT2D eigenvalue weighted by atomic mass is 16.7. The van der Waals surface area contributed by atoms with Crippen LogP contribution in [0.4, 0.5) is 0 Å². The van der Waals surface area contributed by atoms with E-state index in [0.717, 1.165) is 77.0 Å². The third kappa shape index (κ3) is 74.4. The largest absolute Gasteiger partial charge is 0.545 e. The first-order valence-electron chi connectivity index (χ1n) is 39.9. The smallest absolute Gasteiger partial charge is 0.306 e. The molecule has 0 amide bonds. The van der Waals surface area contributed by atoms with Crippen molar-refractivity contribution in [2.75, 3.05) is 47.5 Å². The molecule has 92 heavy (non-hydrogen) atoms. The summed E-state index contributed by atoms with van der Waals surface area (Å²) in [6.45, 7) is 4.69. The van der Waals surface area contributed by atoms with Crippen LogP contribution in [0.25, 0.3) is 0 Å². The van der Waals surface area contributed by atoms with Crippen molar-refractivity contribution < 1.29 is 42.9 Å². The standard InChI is InChI=1S/C83H153NO8/c1-6-8-10-12-14-16-18-20-22-24-26-28-30-32-34-35-36-37-38-39-40-41-42-43-44-45-46-48-49-51-53-55-57-59-61-63-65-67-69-71-73-80(85)90-77-79(78-91-83(82(87)88)89-76-75-84(3,4)5)92-81(86)74-72-70-68-66-64-62-60-58-56-54-52-50-47-33-31-29-27-25-23-21-19-17-15-13-11-9-7-2/h9,11,15,17,21,23,27,29,33,47,79,83H,6-8,10,12-14,16,18-20,22,24-26,28,30-32,34-46,48-78H2,1-5H3/b11-9-,17-15-,23-21-,29-27-,47-33-. The first kappa shape index (κ1) is 89.0. The highest BCUT2D eigenvalue weighted by Gasteiger charge is 2.22. The van der Waals surface area contributed by atoms with Crippen LogP contribution in [0.2, 0.25) is 0 Å². The fourth-order valence-electron chi connectivity index (χ4n) is 12.0. The molecule has 2 unspecified atom stereocenters. The number of aliphatic carboxylic acids is 1. The Hall–Kier alpha value is -3.01. The van der Waals surface area contributed by atoms with Crippen molar-refractivity contribution in [1.29, 1.82) is 0 Å². The van der Waals surface area contributed by atoms with Crippen LogP contribution in [-0.4, -0.2) is 82.3 Å². The lowest BCUT2D eigenvalue weighted by atomic mass is 10.0. The van der Waals surface area contributed by atoms with Crippen LogP contribution in [0.3, 0.4) is 0 Å². The minimum Gasteiger partial charge on any atom is -0.545 e. The number of hydrogen-bond acceptors (Lipinski definition) is 8. The van der Waals surface area contributed by atoms with Gasteiger partial charge in [-0.2, -0.15) is 0 Å². The summed E-state index contributed by atoms with van der Waals surface area (Å²) in [5.41, 5.74) is 0. The Morgan fingerprint density at radius 3 is 0.924 bits per heavy atom. The predicted octanol–water partition coefficient (Wildman–Crippen LogP) is 24.1. The lowest BCUT2D eigenvalue weighted by molar-refractivity contribution is -0.870. The molecular formula is C83H153NO8. The fraction of sp³-hybridized carbons (Fsp3) is 0.843. The molecule has 0 rings (SSSR count). The van der Waals surface area contributed by atoms with Crippen LogP contribution in [0.1, 0.15) is 393 Å². The van der Waals surface area contributed by atoms with Crippen LogP contribution in [-0.2, 0) is 33.3 Å². The van der Waals surface area contributed by atoms with Crippen molar-refractivity contribution in [3.63, 3.8) is 0 Å². The second-order valence-corrected chi connectivity index (χ2v) is 28.3. The van der Waals surface area contributed by atoms with Gasteiger partial charge in [0.25, 0.3) is 0 Å². The Kier molecular flexibility index (Phi) is 71.4. The van der Waals surface area contributed by atoms with Crippen LogP contribution < -0.4 is 5.11 Å². The summed E-state index contributed by atoms with van der Waals surface area (Å²) in [6, 6.07) is 0. The van der Waals surface area contributed by atoms with Crippen molar-refractivity contribution >= 4 is 17.9 Å². The van der Waals surface area contributed by atoms with E-state index < -0.39 is 24.3 Å². The molecule has 0 aromatic rings. The zero-order chi connectivity index (χ0) is 66.8. The average Bonchev–Trinajstić information content (AvgIpc) is 3.70. The van der Waals surface area contributed by atoms with Gasteiger partial charge in [-0.25, -0.2) is 0 Å². The van der Waals surface area contributed by atoms with Gasteiger partial charge >= 0.3 is 11.9 Å². The van der Waals surface area contributed by atoms with Gasteiger partial charge in [0.05, 0.1) is 40.3 Å². The molecule has 0 bridgehead atoms. The molecule has 0 spiro atoms. The molecule has 0 N–H and O–H groups in total. The van der Waals surface area contributed by atoms with Gasteiger partial charge in [0, 0.05) is 12.8 Å². The normalized spacial score (nSPS) is 12.9. The molecule has 0 aliphatic heterocycles. The van der Waals surface area contributed by atoms with Crippen molar-refractivity contribution in [1.82, 2.24) is 0 Å². The van der Waals surface area contributed by atoms with Crippen LogP contribution >= 0.6 is 0 Å². The van der Waals surface area contributed by atoms with E-state index in [9.17, 15) is 19.5 Å². The number of hydrogen-bond donors (Lipinski definition) is 0. The number of carboxylic acid groups (broad SMARTS) is 1. The van der Waals surface area contributed by atoms with E-state index >= 15 is 0 Å². The van der Waals surface area contributed by atoms with Gasteiger partial charge in [0.2, 0.25) is 0 Å². The molecule has 2 atom stereocenters. The molecule has 0 fully saturated rings. The second kappa shape index (κ2) is 73.8. The maximum atomic E-state index is 13.0. The van der Waals surface area contributed by atoms with Gasteiger partial charge in [-0.3, -0.25) is 9.59 Å². The number of nitrogens with zero attached hydrogens (tertiary/aromatic N) is 1. The molecule has 9 nitrogen and oxygen atoms in total. The zero-order valence-electron chi connectivity index (χ0n) is 61.7. The Morgan fingerprint density at radius 1 is 0.337 bits per heavy atom. The summed E-state index contributed by atoms with van der Waals surface area (Å²) in [7, 11) is 5.94. The molecule has 9 heteroatoms. The number of unbranched alkanes of at least 4 members (excludes halogenated alkanes) is 50. The maximum absolute atomic E-state index is 13.0. The van der Waals surface area contributed by atoms with Gasteiger partial charge in [-0.15, -0.1) is 0 Å².